The molecule has 4 nitrogen and oxygen atoms in total. The van der Waals surface area contributed by atoms with Crippen LogP contribution in [0.15, 0.2) is 42.5 Å². The van der Waals surface area contributed by atoms with Crippen LogP contribution < -0.4 is 14.8 Å². The Balaban J connectivity index is 2.03. The number of carbonyl (C=O) groups is 1. The van der Waals surface area contributed by atoms with Crippen molar-refractivity contribution in [3.05, 3.63) is 59.2 Å². The van der Waals surface area contributed by atoms with Crippen molar-refractivity contribution in [2.45, 2.75) is 33.7 Å². The zero-order chi connectivity index (χ0) is 17.4. The quantitative estimate of drug-likeness (QED) is 0.793. The number of rotatable bonds is 8. The van der Waals surface area contributed by atoms with Crippen LogP contribution in [-0.2, 0) is 6.54 Å². The fourth-order valence-electron chi connectivity index (χ4n) is 2.33. The van der Waals surface area contributed by atoms with Gasteiger partial charge in [-0.05, 0) is 50.1 Å². The molecule has 1 N–H and O–H groups in total. The van der Waals surface area contributed by atoms with E-state index >= 15 is 0 Å². The summed E-state index contributed by atoms with van der Waals surface area (Å²) in [6.07, 6.45) is 0.944. The highest BCUT2D eigenvalue weighted by atomic mass is 16.5. The van der Waals surface area contributed by atoms with Crippen LogP contribution in [0.25, 0.3) is 0 Å². The number of nitrogens with one attached hydrogen (secondary N) is 1. The van der Waals surface area contributed by atoms with Crippen molar-refractivity contribution in [2.24, 2.45) is 0 Å². The van der Waals surface area contributed by atoms with E-state index in [-0.39, 0.29) is 5.91 Å². The molecule has 0 atom stereocenters. The largest absolute Gasteiger partial charge is 0.490 e. The normalized spacial score (nSPS) is 10.3. The molecule has 128 valence electrons. The van der Waals surface area contributed by atoms with Gasteiger partial charge in [-0.3, -0.25) is 4.79 Å². The van der Waals surface area contributed by atoms with E-state index in [1.807, 2.05) is 56.3 Å². The summed E-state index contributed by atoms with van der Waals surface area (Å²) in [5, 5.41) is 2.94. The number of hydrogen-bond donors (Lipinski definition) is 1. The Kier molecular flexibility index (Phi) is 6.67. The number of carbonyl (C=O) groups excluding carboxylic acids is 1. The monoisotopic (exact) mass is 327 g/mol. The van der Waals surface area contributed by atoms with Gasteiger partial charge in [-0.2, -0.15) is 0 Å². The van der Waals surface area contributed by atoms with Gasteiger partial charge < -0.3 is 14.8 Å². The van der Waals surface area contributed by atoms with Crippen molar-refractivity contribution in [3.8, 4) is 11.5 Å². The number of benzene rings is 2. The molecule has 0 aromatic heterocycles. The molecule has 0 saturated heterocycles. The lowest BCUT2D eigenvalue weighted by Crippen LogP contribution is -2.22. The molecule has 0 heterocycles. The molecular weight excluding hydrogens is 302 g/mol. The van der Waals surface area contributed by atoms with Crippen molar-refractivity contribution in [1.82, 2.24) is 5.32 Å². The smallest absolute Gasteiger partial charge is 0.251 e. The molecule has 2 rings (SSSR count). The number of aryl methyl sites for hydroxylation is 1. The first-order chi connectivity index (χ1) is 11.6. The summed E-state index contributed by atoms with van der Waals surface area (Å²) in [5.41, 5.74) is 2.71. The molecule has 0 aliphatic rings. The van der Waals surface area contributed by atoms with Crippen LogP contribution in [0.3, 0.4) is 0 Å². The van der Waals surface area contributed by atoms with Gasteiger partial charge in [0.2, 0.25) is 0 Å². The maximum atomic E-state index is 12.2. The minimum absolute atomic E-state index is 0.0806. The van der Waals surface area contributed by atoms with Crippen molar-refractivity contribution < 1.29 is 14.3 Å². The van der Waals surface area contributed by atoms with Crippen LogP contribution in [0.2, 0.25) is 0 Å². The second-order valence-electron chi connectivity index (χ2n) is 5.61. The molecule has 0 aliphatic carbocycles. The van der Waals surface area contributed by atoms with Crippen LogP contribution in [0, 0.1) is 6.92 Å². The van der Waals surface area contributed by atoms with Crippen molar-refractivity contribution >= 4 is 5.91 Å². The second-order valence-corrected chi connectivity index (χ2v) is 5.61. The predicted octanol–water partition coefficient (Wildman–Crippen LogP) is 4.11. The molecule has 4 heteroatoms. The number of amides is 1. The van der Waals surface area contributed by atoms with E-state index in [2.05, 4.69) is 12.2 Å². The summed E-state index contributed by atoms with van der Waals surface area (Å²) in [6.45, 7) is 7.65. The highest BCUT2D eigenvalue weighted by molar-refractivity contribution is 5.94. The number of ether oxygens (including phenoxy) is 2. The van der Waals surface area contributed by atoms with Crippen LogP contribution in [0.1, 0.15) is 41.8 Å². The van der Waals surface area contributed by atoms with E-state index in [0.717, 1.165) is 23.3 Å². The zero-order valence-corrected chi connectivity index (χ0v) is 14.6. The van der Waals surface area contributed by atoms with E-state index in [1.54, 1.807) is 0 Å². The third-order valence-electron chi connectivity index (χ3n) is 3.50. The highest BCUT2D eigenvalue weighted by Crippen LogP contribution is 2.28. The van der Waals surface area contributed by atoms with Gasteiger partial charge in [0, 0.05) is 12.1 Å². The Morgan fingerprint density at radius 1 is 1.04 bits per heavy atom. The molecule has 0 bridgehead atoms. The van der Waals surface area contributed by atoms with Gasteiger partial charge in [0.05, 0.1) is 13.2 Å². The molecule has 2 aromatic rings. The topological polar surface area (TPSA) is 47.6 Å². The Labute approximate surface area is 143 Å². The summed E-state index contributed by atoms with van der Waals surface area (Å²) < 4.78 is 11.3. The summed E-state index contributed by atoms with van der Waals surface area (Å²) >= 11 is 0. The van der Waals surface area contributed by atoms with Gasteiger partial charge in [-0.1, -0.05) is 30.7 Å². The lowest BCUT2D eigenvalue weighted by Gasteiger charge is -2.13. The predicted molar refractivity (Wildman–Crippen MR) is 95.7 cm³/mol. The molecule has 0 spiro atoms. The van der Waals surface area contributed by atoms with E-state index in [9.17, 15) is 4.79 Å². The summed E-state index contributed by atoms with van der Waals surface area (Å²) in [6, 6.07) is 13.3. The standard InChI is InChI=1S/C20H25NO3/c1-4-11-24-18-10-9-16(13-19(18)23-5-2)14-21-20(22)17-8-6-7-15(3)12-17/h6-10,12-13H,4-5,11,14H2,1-3H3,(H,21,22). The average molecular weight is 327 g/mol. The van der Waals surface area contributed by atoms with E-state index < -0.39 is 0 Å². The summed E-state index contributed by atoms with van der Waals surface area (Å²) in [5.74, 6) is 1.38. The molecular formula is C20H25NO3. The molecule has 0 aliphatic heterocycles. The van der Waals surface area contributed by atoms with Crippen LogP contribution in [0.4, 0.5) is 0 Å². The average Bonchev–Trinajstić information content (AvgIpc) is 2.59. The first-order valence-corrected chi connectivity index (χ1v) is 8.37. The molecule has 0 fully saturated rings. The first-order valence-electron chi connectivity index (χ1n) is 8.37. The Morgan fingerprint density at radius 3 is 2.58 bits per heavy atom. The maximum Gasteiger partial charge on any atom is 0.251 e. The molecule has 0 saturated carbocycles. The molecule has 2 aromatic carbocycles. The fraction of sp³-hybridized carbons (Fsp3) is 0.350. The second kappa shape index (κ2) is 8.96. The van der Waals surface area contributed by atoms with Gasteiger partial charge in [-0.15, -0.1) is 0 Å². The molecule has 0 unspecified atom stereocenters. The Morgan fingerprint density at radius 2 is 1.88 bits per heavy atom. The van der Waals surface area contributed by atoms with Crippen molar-refractivity contribution in [2.75, 3.05) is 13.2 Å². The van der Waals surface area contributed by atoms with E-state index in [0.29, 0.717) is 31.1 Å². The van der Waals surface area contributed by atoms with Crippen LogP contribution in [-0.4, -0.2) is 19.1 Å². The van der Waals surface area contributed by atoms with Crippen molar-refractivity contribution in [1.29, 1.82) is 0 Å². The lowest BCUT2D eigenvalue weighted by molar-refractivity contribution is 0.0950. The molecule has 0 radical (unpaired) electrons. The maximum absolute atomic E-state index is 12.2. The molecule has 24 heavy (non-hydrogen) atoms. The third-order valence-corrected chi connectivity index (χ3v) is 3.50. The Hall–Kier alpha value is -2.49. The van der Waals surface area contributed by atoms with Gasteiger partial charge in [0.1, 0.15) is 0 Å². The molecule has 1 amide bonds. The van der Waals surface area contributed by atoms with Gasteiger partial charge in [-0.25, -0.2) is 0 Å². The minimum Gasteiger partial charge on any atom is -0.490 e. The van der Waals surface area contributed by atoms with Crippen LogP contribution in [0.5, 0.6) is 11.5 Å². The number of hydrogen-bond acceptors (Lipinski definition) is 3. The van der Waals surface area contributed by atoms with Crippen LogP contribution >= 0.6 is 0 Å². The van der Waals surface area contributed by atoms with Gasteiger partial charge in [0.15, 0.2) is 11.5 Å². The lowest BCUT2D eigenvalue weighted by atomic mass is 10.1. The van der Waals surface area contributed by atoms with Gasteiger partial charge >= 0.3 is 0 Å². The van der Waals surface area contributed by atoms with Crippen molar-refractivity contribution in [3.63, 3.8) is 0 Å². The summed E-state index contributed by atoms with van der Waals surface area (Å²) in [4.78, 5) is 12.2. The summed E-state index contributed by atoms with van der Waals surface area (Å²) in [7, 11) is 0. The first kappa shape index (κ1) is 17.9. The SMILES string of the molecule is CCCOc1ccc(CNC(=O)c2cccc(C)c2)cc1OCC. The van der Waals surface area contributed by atoms with E-state index in [4.69, 9.17) is 9.47 Å². The zero-order valence-electron chi connectivity index (χ0n) is 14.6. The highest BCUT2D eigenvalue weighted by Gasteiger charge is 2.09. The van der Waals surface area contributed by atoms with E-state index in [1.165, 1.54) is 0 Å². The minimum atomic E-state index is -0.0806. The Bertz CT molecular complexity index is 682. The third kappa shape index (κ3) is 5.01. The van der Waals surface area contributed by atoms with Gasteiger partial charge in [0.25, 0.3) is 5.91 Å². The fourth-order valence-corrected chi connectivity index (χ4v) is 2.33.